The van der Waals surface area contributed by atoms with Crippen molar-refractivity contribution in [3.8, 4) is 11.5 Å². The van der Waals surface area contributed by atoms with Crippen molar-refractivity contribution in [1.29, 1.82) is 0 Å². The molecule has 22 heavy (non-hydrogen) atoms. The molecule has 1 aromatic carbocycles. The lowest BCUT2D eigenvalue weighted by Gasteiger charge is -2.04. The molecule has 0 unspecified atom stereocenters. The van der Waals surface area contributed by atoms with Crippen molar-refractivity contribution < 1.29 is 14.3 Å². The molecule has 2 aromatic heterocycles. The van der Waals surface area contributed by atoms with Gasteiger partial charge in [0.25, 0.3) is 0 Å². The Morgan fingerprint density at radius 1 is 1.50 bits per heavy atom. The fourth-order valence-corrected chi connectivity index (χ4v) is 2.53. The van der Waals surface area contributed by atoms with Crippen molar-refractivity contribution in [3.05, 3.63) is 53.5 Å². The predicted octanol–water partition coefficient (Wildman–Crippen LogP) is 4.22. The number of carbonyl (C=O) groups is 1. The summed E-state index contributed by atoms with van der Waals surface area (Å²) in [5, 5.41) is 10.4. The van der Waals surface area contributed by atoms with Crippen LogP contribution in [-0.4, -0.2) is 20.6 Å². The number of allylic oxidation sites excluding steroid dienone is 1. The van der Waals surface area contributed by atoms with Crippen molar-refractivity contribution in [1.82, 2.24) is 9.55 Å². The van der Waals surface area contributed by atoms with E-state index in [0.717, 1.165) is 22.7 Å². The standard InChI is InChI=1S/C16H13ClN2O3/c1-9(2)6-19-7-12(11-5-10(17)3-4-14(11)19)15-18-13(8-22-15)16(20)21/h3-5,7-8H,1,6H2,2H3,(H,20,21). The Kier molecular flexibility index (Phi) is 3.50. The fourth-order valence-electron chi connectivity index (χ4n) is 2.36. The first kappa shape index (κ1) is 14.4. The predicted molar refractivity (Wildman–Crippen MR) is 84.2 cm³/mol. The third kappa shape index (κ3) is 2.51. The van der Waals surface area contributed by atoms with Crippen molar-refractivity contribution in [2.24, 2.45) is 0 Å². The lowest BCUT2D eigenvalue weighted by molar-refractivity contribution is 0.0690. The minimum Gasteiger partial charge on any atom is -0.476 e. The molecule has 6 heteroatoms. The van der Waals surface area contributed by atoms with E-state index in [1.165, 1.54) is 0 Å². The second kappa shape index (κ2) is 5.35. The molecule has 112 valence electrons. The number of oxazole rings is 1. The Morgan fingerprint density at radius 2 is 2.27 bits per heavy atom. The molecule has 1 N–H and O–H groups in total. The molecule has 0 radical (unpaired) electrons. The summed E-state index contributed by atoms with van der Waals surface area (Å²) in [7, 11) is 0. The van der Waals surface area contributed by atoms with Gasteiger partial charge in [-0.15, -0.1) is 0 Å². The van der Waals surface area contributed by atoms with Crippen LogP contribution in [0, 0.1) is 0 Å². The van der Waals surface area contributed by atoms with Crippen LogP contribution >= 0.6 is 11.6 Å². The van der Waals surface area contributed by atoms with Crippen molar-refractivity contribution in [3.63, 3.8) is 0 Å². The smallest absolute Gasteiger partial charge is 0.357 e. The van der Waals surface area contributed by atoms with Gasteiger partial charge in [0.1, 0.15) is 6.26 Å². The lowest BCUT2D eigenvalue weighted by atomic mass is 10.2. The van der Waals surface area contributed by atoms with Crippen molar-refractivity contribution in [2.75, 3.05) is 0 Å². The second-order valence-corrected chi connectivity index (χ2v) is 5.57. The average molecular weight is 317 g/mol. The minimum atomic E-state index is -1.13. The number of rotatable bonds is 4. The highest BCUT2D eigenvalue weighted by atomic mass is 35.5. The number of halogens is 1. The van der Waals surface area contributed by atoms with Crippen LogP contribution in [0.3, 0.4) is 0 Å². The largest absolute Gasteiger partial charge is 0.476 e. The molecule has 0 saturated carbocycles. The van der Waals surface area contributed by atoms with Gasteiger partial charge in [0, 0.05) is 28.7 Å². The molecule has 3 rings (SSSR count). The van der Waals surface area contributed by atoms with Crippen LogP contribution in [0.5, 0.6) is 0 Å². The van der Waals surface area contributed by atoms with Gasteiger partial charge in [-0.1, -0.05) is 23.8 Å². The molecule has 3 aromatic rings. The molecule has 0 saturated heterocycles. The van der Waals surface area contributed by atoms with Gasteiger partial charge in [0.05, 0.1) is 5.56 Å². The quantitative estimate of drug-likeness (QED) is 0.731. The fraction of sp³-hybridized carbons (Fsp3) is 0.125. The van der Waals surface area contributed by atoms with E-state index in [4.69, 9.17) is 21.1 Å². The maximum atomic E-state index is 11.0. The molecule has 0 aliphatic carbocycles. The second-order valence-electron chi connectivity index (χ2n) is 5.13. The number of aromatic carboxylic acids is 1. The highest BCUT2D eigenvalue weighted by Gasteiger charge is 2.17. The Balaban J connectivity index is 2.21. The van der Waals surface area contributed by atoms with E-state index in [0.29, 0.717) is 17.1 Å². The monoisotopic (exact) mass is 316 g/mol. The summed E-state index contributed by atoms with van der Waals surface area (Å²) >= 11 is 6.08. The Morgan fingerprint density at radius 3 is 2.91 bits per heavy atom. The molecule has 2 heterocycles. The summed E-state index contributed by atoms with van der Waals surface area (Å²) in [4.78, 5) is 15.0. The van der Waals surface area contributed by atoms with Crippen LogP contribution in [0.2, 0.25) is 5.02 Å². The lowest BCUT2D eigenvalue weighted by Crippen LogP contribution is -1.96. The maximum Gasteiger partial charge on any atom is 0.357 e. The Hall–Kier alpha value is -2.53. The molecule has 0 amide bonds. The van der Waals surface area contributed by atoms with Crippen LogP contribution in [0.15, 0.2) is 47.2 Å². The van der Waals surface area contributed by atoms with Gasteiger partial charge in [-0.25, -0.2) is 9.78 Å². The van der Waals surface area contributed by atoms with E-state index in [-0.39, 0.29) is 11.6 Å². The van der Waals surface area contributed by atoms with E-state index >= 15 is 0 Å². The minimum absolute atomic E-state index is 0.127. The average Bonchev–Trinajstić information content (AvgIpc) is 3.03. The first-order valence-electron chi connectivity index (χ1n) is 6.57. The van der Waals surface area contributed by atoms with Gasteiger partial charge < -0.3 is 14.1 Å². The van der Waals surface area contributed by atoms with Gasteiger partial charge in [-0.2, -0.15) is 0 Å². The topological polar surface area (TPSA) is 68.3 Å². The molecule has 0 atom stereocenters. The molecular weight excluding hydrogens is 304 g/mol. The highest BCUT2D eigenvalue weighted by Crippen LogP contribution is 2.32. The van der Waals surface area contributed by atoms with Gasteiger partial charge in [0.15, 0.2) is 5.69 Å². The number of aromatic nitrogens is 2. The van der Waals surface area contributed by atoms with Crippen molar-refractivity contribution >= 4 is 28.5 Å². The first-order chi connectivity index (χ1) is 10.5. The zero-order valence-corrected chi connectivity index (χ0v) is 12.6. The van der Waals surface area contributed by atoms with Crippen LogP contribution in [-0.2, 0) is 6.54 Å². The first-order valence-corrected chi connectivity index (χ1v) is 6.95. The maximum absolute atomic E-state index is 11.0. The molecule has 0 aliphatic rings. The molecule has 5 nitrogen and oxygen atoms in total. The third-order valence-corrected chi connectivity index (χ3v) is 3.47. The summed E-state index contributed by atoms with van der Waals surface area (Å²) in [5.41, 5.74) is 2.53. The van der Waals surface area contributed by atoms with E-state index in [2.05, 4.69) is 11.6 Å². The number of benzene rings is 1. The summed E-state index contributed by atoms with van der Waals surface area (Å²) in [6, 6.07) is 5.53. The molecular formula is C16H13ClN2O3. The van der Waals surface area contributed by atoms with Gasteiger partial charge in [-0.3, -0.25) is 0 Å². The summed E-state index contributed by atoms with van der Waals surface area (Å²) in [6.07, 6.45) is 3.00. The zero-order chi connectivity index (χ0) is 15.9. The highest BCUT2D eigenvalue weighted by molar-refractivity contribution is 6.31. The van der Waals surface area contributed by atoms with E-state index in [1.807, 2.05) is 29.8 Å². The zero-order valence-electron chi connectivity index (χ0n) is 11.8. The van der Waals surface area contributed by atoms with Gasteiger partial charge in [-0.05, 0) is 25.1 Å². The number of carboxylic acid groups (broad SMARTS) is 1. The SMILES string of the molecule is C=C(C)Cn1cc(-c2nc(C(=O)O)co2)c2cc(Cl)ccc21. The van der Waals surface area contributed by atoms with Crippen LogP contribution in [0.1, 0.15) is 17.4 Å². The summed E-state index contributed by atoms with van der Waals surface area (Å²) in [5.74, 6) is -0.871. The Labute approximate surface area is 131 Å². The number of fused-ring (bicyclic) bond motifs is 1. The summed E-state index contributed by atoms with van der Waals surface area (Å²) < 4.78 is 7.32. The van der Waals surface area contributed by atoms with Crippen LogP contribution in [0.4, 0.5) is 0 Å². The normalized spacial score (nSPS) is 11.0. The molecule has 0 aliphatic heterocycles. The summed E-state index contributed by atoms with van der Waals surface area (Å²) in [6.45, 7) is 6.50. The third-order valence-electron chi connectivity index (χ3n) is 3.24. The number of carboxylic acids is 1. The Bertz CT molecular complexity index is 892. The molecule has 0 fully saturated rings. The van der Waals surface area contributed by atoms with Gasteiger partial charge >= 0.3 is 5.97 Å². The van der Waals surface area contributed by atoms with Crippen LogP contribution in [0.25, 0.3) is 22.4 Å². The molecule has 0 bridgehead atoms. The van der Waals surface area contributed by atoms with Crippen LogP contribution < -0.4 is 0 Å². The van der Waals surface area contributed by atoms with Crippen molar-refractivity contribution in [2.45, 2.75) is 13.5 Å². The van der Waals surface area contributed by atoms with E-state index < -0.39 is 5.97 Å². The number of nitrogens with zero attached hydrogens (tertiary/aromatic N) is 2. The van der Waals surface area contributed by atoms with Gasteiger partial charge in [0.2, 0.25) is 5.89 Å². The van der Waals surface area contributed by atoms with E-state index in [9.17, 15) is 4.79 Å². The number of hydrogen-bond acceptors (Lipinski definition) is 3. The van der Waals surface area contributed by atoms with E-state index in [1.54, 1.807) is 6.07 Å². The molecule has 0 spiro atoms. The number of hydrogen-bond donors (Lipinski definition) is 1.